The number of morpholine rings is 1. The number of ether oxygens (including phenoxy) is 1. The van der Waals surface area contributed by atoms with E-state index < -0.39 is 0 Å². The summed E-state index contributed by atoms with van der Waals surface area (Å²) >= 11 is 6.16. The predicted molar refractivity (Wildman–Crippen MR) is 71.8 cm³/mol. The van der Waals surface area contributed by atoms with Crippen LogP contribution < -0.4 is 10.6 Å². The Labute approximate surface area is 107 Å². The van der Waals surface area contributed by atoms with E-state index in [1.165, 1.54) is 5.69 Å². The maximum Gasteiger partial charge on any atom is 0.0876 e. The van der Waals surface area contributed by atoms with Gasteiger partial charge in [-0.3, -0.25) is 0 Å². The summed E-state index contributed by atoms with van der Waals surface area (Å²) in [6.45, 7) is 6.41. The summed E-state index contributed by atoms with van der Waals surface area (Å²) in [5.74, 6) is 0. The molecule has 2 rings (SSSR count). The average Bonchev–Trinajstić information content (AvgIpc) is 2.31. The van der Waals surface area contributed by atoms with Gasteiger partial charge < -0.3 is 15.4 Å². The molecule has 0 saturated carbocycles. The van der Waals surface area contributed by atoms with Gasteiger partial charge in [0, 0.05) is 30.3 Å². The standard InChI is InChI=1S/C13H19ClN2O/c1-9-7-16(8-11(6-15)17-9)13-5-3-4-12(14)10(13)2/h3-5,9,11H,6-8,15H2,1-2H3. The topological polar surface area (TPSA) is 38.5 Å². The first-order valence-corrected chi connectivity index (χ1v) is 6.35. The van der Waals surface area contributed by atoms with Crippen LogP contribution in [0.4, 0.5) is 5.69 Å². The summed E-state index contributed by atoms with van der Waals surface area (Å²) in [6, 6.07) is 6.01. The number of halogens is 1. The molecule has 17 heavy (non-hydrogen) atoms. The number of nitrogens with two attached hydrogens (primary N) is 1. The van der Waals surface area contributed by atoms with Crippen molar-refractivity contribution >= 4 is 17.3 Å². The van der Waals surface area contributed by atoms with Crippen molar-refractivity contribution in [1.29, 1.82) is 0 Å². The zero-order valence-electron chi connectivity index (χ0n) is 10.3. The Balaban J connectivity index is 2.23. The number of hydrogen-bond acceptors (Lipinski definition) is 3. The molecule has 2 unspecified atom stereocenters. The van der Waals surface area contributed by atoms with Crippen molar-refractivity contribution in [2.45, 2.75) is 26.1 Å². The van der Waals surface area contributed by atoms with Gasteiger partial charge >= 0.3 is 0 Å². The van der Waals surface area contributed by atoms with Crippen LogP contribution >= 0.6 is 11.6 Å². The fourth-order valence-corrected chi connectivity index (χ4v) is 2.48. The van der Waals surface area contributed by atoms with Gasteiger partial charge in [0.2, 0.25) is 0 Å². The largest absolute Gasteiger partial charge is 0.370 e. The number of rotatable bonds is 2. The highest BCUT2D eigenvalue weighted by atomic mass is 35.5. The highest BCUT2D eigenvalue weighted by molar-refractivity contribution is 6.31. The summed E-state index contributed by atoms with van der Waals surface area (Å²) in [5, 5.41) is 0.811. The van der Waals surface area contributed by atoms with E-state index in [1.807, 2.05) is 12.1 Å². The lowest BCUT2D eigenvalue weighted by Crippen LogP contribution is -2.49. The molecular formula is C13H19ClN2O. The van der Waals surface area contributed by atoms with Crippen molar-refractivity contribution in [3.05, 3.63) is 28.8 Å². The third-order valence-electron chi connectivity index (χ3n) is 3.17. The first-order chi connectivity index (χ1) is 8.11. The minimum Gasteiger partial charge on any atom is -0.370 e. The van der Waals surface area contributed by atoms with Crippen LogP contribution in [0.2, 0.25) is 5.02 Å². The number of nitrogens with zero attached hydrogens (tertiary/aromatic N) is 1. The van der Waals surface area contributed by atoms with E-state index in [1.54, 1.807) is 0 Å². The van der Waals surface area contributed by atoms with Crippen molar-refractivity contribution in [2.75, 3.05) is 24.5 Å². The van der Waals surface area contributed by atoms with Gasteiger partial charge in [0.25, 0.3) is 0 Å². The molecule has 0 spiro atoms. The molecule has 1 fully saturated rings. The average molecular weight is 255 g/mol. The maximum atomic E-state index is 6.16. The van der Waals surface area contributed by atoms with Crippen molar-refractivity contribution < 1.29 is 4.74 Å². The Morgan fingerprint density at radius 3 is 2.94 bits per heavy atom. The molecule has 0 amide bonds. The molecule has 1 heterocycles. The van der Waals surface area contributed by atoms with Crippen molar-refractivity contribution in [2.24, 2.45) is 5.73 Å². The van der Waals surface area contributed by atoms with E-state index in [-0.39, 0.29) is 12.2 Å². The van der Waals surface area contributed by atoms with Crippen LogP contribution in [0, 0.1) is 6.92 Å². The molecule has 0 aromatic heterocycles. The van der Waals surface area contributed by atoms with Gasteiger partial charge in [-0.15, -0.1) is 0 Å². The van der Waals surface area contributed by atoms with Crippen LogP contribution in [-0.2, 0) is 4.74 Å². The monoisotopic (exact) mass is 254 g/mol. The van der Waals surface area contributed by atoms with Gasteiger partial charge in [-0.1, -0.05) is 17.7 Å². The molecule has 1 aliphatic heterocycles. The maximum absolute atomic E-state index is 6.16. The third kappa shape index (κ3) is 2.73. The van der Waals surface area contributed by atoms with E-state index in [4.69, 9.17) is 22.1 Å². The quantitative estimate of drug-likeness (QED) is 0.880. The Hall–Kier alpha value is -0.770. The molecule has 4 heteroatoms. The highest BCUT2D eigenvalue weighted by Crippen LogP contribution is 2.28. The molecule has 0 radical (unpaired) electrons. The molecule has 1 aromatic rings. The number of benzene rings is 1. The van der Waals surface area contributed by atoms with Gasteiger partial charge in [0.05, 0.1) is 12.2 Å². The Bertz CT molecular complexity index is 397. The molecule has 0 bridgehead atoms. The van der Waals surface area contributed by atoms with Crippen LogP contribution in [0.15, 0.2) is 18.2 Å². The van der Waals surface area contributed by atoms with Crippen LogP contribution in [0.1, 0.15) is 12.5 Å². The minimum absolute atomic E-state index is 0.108. The lowest BCUT2D eigenvalue weighted by molar-refractivity contribution is -0.0105. The second-order valence-electron chi connectivity index (χ2n) is 4.59. The fourth-order valence-electron chi connectivity index (χ4n) is 2.31. The van der Waals surface area contributed by atoms with Crippen LogP contribution in [-0.4, -0.2) is 31.8 Å². The van der Waals surface area contributed by atoms with Gasteiger partial charge in [0.1, 0.15) is 0 Å². The zero-order valence-corrected chi connectivity index (χ0v) is 11.1. The SMILES string of the molecule is Cc1c(Cl)cccc1N1CC(C)OC(CN)C1. The van der Waals surface area contributed by atoms with E-state index in [9.17, 15) is 0 Å². The van der Waals surface area contributed by atoms with Crippen molar-refractivity contribution in [3.8, 4) is 0 Å². The molecule has 0 aliphatic carbocycles. The molecule has 1 aliphatic rings. The molecule has 1 aromatic carbocycles. The van der Waals surface area contributed by atoms with Crippen molar-refractivity contribution in [3.63, 3.8) is 0 Å². The second kappa shape index (κ2) is 5.25. The summed E-state index contributed by atoms with van der Waals surface area (Å²) in [7, 11) is 0. The summed E-state index contributed by atoms with van der Waals surface area (Å²) < 4.78 is 5.76. The fraction of sp³-hybridized carbons (Fsp3) is 0.538. The smallest absolute Gasteiger partial charge is 0.0876 e. The van der Waals surface area contributed by atoms with Crippen LogP contribution in [0.3, 0.4) is 0 Å². The van der Waals surface area contributed by atoms with E-state index >= 15 is 0 Å². The molecule has 1 saturated heterocycles. The Morgan fingerprint density at radius 2 is 2.24 bits per heavy atom. The normalized spacial score (nSPS) is 25.1. The minimum atomic E-state index is 0.108. The van der Waals surface area contributed by atoms with Crippen LogP contribution in [0.5, 0.6) is 0 Å². The van der Waals surface area contributed by atoms with Gasteiger partial charge in [-0.2, -0.15) is 0 Å². The Morgan fingerprint density at radius 1 is 1.47 bits per heavy atom. The van der Waals surface area contributed by atoms with Gasteiger partial charge in [-0.05, 0) is 31.5 Å². The number of anilines is 1. The van der Waals surface area contributed by atoms with E-state index in [0.717, 1.165) is 23.7 Å². The molecular weight excluding hydrogens is 236 g/mol. The zero-order chi connectivity index (χ0) is 12.4. The first kappa shape index (κ1) is 12.7. The van der Waals surface area contributed by atoms with E-state index in [2.05, 4.69) is 24.8 Å². The lowest BCUT2D eigenvalue weighted by Gasteiger charge is -2.38. The lowest BCUT2D eigenvalue weighted by atomic mass is 10.1. The molecule has 94 valence electrons. The summed E-state index contributed by atoms with van der Waals surface area (Å²) in [6.07, 6.45) is 0.313. The molecule has 2 atom stereocenters. The number of hydrogen-bond donors (Lipinski definition) is 1. The summed E-state index contributed by atoms with van der Waals surface area (Å²) in [4.78, 5) is 2.31. The summed E-state index contributed by atoms with van der Waals surface area (Å²) in [5.41, 5.74) is 8.01. The van der Waals surface area contributed by atoms with Crippen molar-refractivity contribution in [1.82, 2.24) is 0 Å². The first-order valence-electron chi connectivity index (χ1n) is 5.97. The van der Waals surface area contributed by atoms with Gasteiger partial charge in [0.15, 0.2) is 0 Å². The molecule has 3 nitrogen and oxygen atoms in total. The Kier molecular flexibility index (Phi) is 3.92. The van der Waals surface area contributed by atoms with Gasteiger partial charge in [-0.25, -0.2) is 0 Å². The van der Waals surface area contributed by atoms with E-state index in [0.29, 0.717) is 6.54 Å². The predicted octanol–water partition coefficient (Wildman–Crippen LogP) is 2.20. The highest BCUT2D eigenvalue weighted by Gasteiger charge is 2.25. The second-order valence-corrected chi connectivity index (χ2v) is 5.00. The van der Waals surface area contributed by atoms with Crippen LogP contribution in [0.25, 0.3) is 0 Å². The third-order valence-corrected chi connectivity index (χ3v) is 3.58. The molecule has 2 N–H and O–H groups in total.